The molecule has 0 unspecified atom stereocenters. The largest absolute Gasteiger partial charge is 0.454 e. The van der Waals surface area contributed by atoms with Gasteiger partial charge >= 0.3 is 5.97 Å². The van der Waals surface area contributed by atoms with Gasteiger partial charge in [0.05, 0.1) is 0 Å². The van der Waals surface area contributed by atoms with E-state index in [2.05, 4.69) is 32.1 Å². The lowest BCUT2D eigenvalue weighted by atomic mass is 9.87. The summed E-state index contributed by atoms with van der Waals surface area (Å²) in [7, 11) is 0. The number of esters is 1. The molecule has 1 aliphatic carbocycles. The van der Waals surface area contributed by atoms with Gasteiger partial charge in [0.1, 0.15) is 5.60 Å². The fraction of sp³-hybridized carbons (Fsp3) is 0.533. The van der Waals surface area contributed by atoms with E-state index in [0.29, 0.717) is 6.42 Å². The van der Waals surface area contributed by atoms with Crippen LogP contribution in [0.3, 0.4) is 0 Å². The van der Waals surface area contributed by atoms with Crippen LogP contribution in [-0.4, -0.2) is 11.6 Å². The topological polar surface area (TPSA) is 26.3 Å². The summed E-state index contributed by atoms with van der Waals surface area (Å²) in [6.07, 6.45) is 13.3. The Hall–Kier alpha value is -1.31. The third-order valence-electron chi connectivity index (χ3n) is 3.26. The van der Waals surface area contributed by atoms with E-state index >= 15 is 0 Å². The zero-order valence-corrected chi connectivity index (χ0v) is 11.0. The second kappa shape index (κ2) is 6.43. The summed E-state index contributed by atoms with van der Waals surface area (Å²) in [4.78, 5) is 11.6. The Balaban J connectivity index is 2.97. The van der Waals surface area contributed by atoms with Crippen molar-refractivity contribution >= 4 is 5.97 Å². The first-order chi connectivity index (χ1) is 8.18. The molecule has 1 aliphatic rings. The molecule has 2 heteroatoms. The molecule has 94 valence electrons. The maximum absolute atomic E-state index is 11.6. The monoisotopic (exact) mass is 234 g/mol. The van der Waals surface area contributed by atoms with E-state index in [1.807, 2.05) is 19.1 Å². The summed E-state index contributed by atoms with van der Waals surface area (Å²) >= 11 is 0. The Morgan fingerprint density at radius 2 is 2.00 bits per heavy atom. The Morgan fingerprint density at radius 3 is 2.59 bits per heavy atom. The first-order valence-corrected chi connectivity index (χ1v) is 6.44. The second-order valence-electron chi connectivity index (χ2n) is 4.21. The van der Waals surface area contributed by atoms with E-state index in [1.54, 1.807) is 0 Å². The molecule has 0 atom stereocenters. The summed E-state index contributed by atoms with van der Waals surface area (Å²) in [5.74, 6) is -0.125. The molecule has 0 aromatic heterocycles. The Kier molecular flexibility index (Phi) is 5.20. The molecular weight excluding hydrogens is 212 g/mol. The van der Waals surface area contributed by atoms with Crippen molar-refractivity contribution in [3.63, 3.8) is 0 Å². The molecule has 0 amide bonds. The van der Waals surface area contributed by atoms with Crippen LogP contribution in [0.1, 0.15) is 46.5 Å². The number of rotatable bonds is 5. The van der Waals surface area contributed by atoms with Crippen LogP contribution >= 0.6 is 0 Å². The van der Waals surface area contributed by atoms with E-state index < -0.39 is 5.60 Å². The molecule has 1 rings (SSSR count). The van der Waals surface area contributed by atoms with E-state index in [-0.39, 0.29) is 5.97 Å². The lowest BCUT2D eigenvalue weighted by molar-refractivity contribution is -0.156. The first-order valence-electron chi connectivity index (χ1n) is 6.44. The van der Waals surface area contributed by atoms with E-state index in [9.17, 15) is 4.79 Å². The van der Waals surface area contributed by atoms with Gasteiger partial charge in [0, 0.05) is 6.42 Å². The van der Waals surface area contributed by atoms with Crippen LogP contribution in [0.25, 0.3) is 0 Å². The third-order valence-corrected chi connectivity index (χ3v) is 3.26. The maximum atomic E-state index is 11.6. The fourth-order valence-corrected chi connectivity index (χ4v) is 2.07. The number of ether oxygens (including phenoxy) is 1. The van der Waals surface area contributed by atoms with Gasteiger partial charge in [-0.25, -0.2) is 0 Å². The van der Waals surface area contributed by atoms with Crippen LogP contribution in [0.4, 0.5) is 0 Å². The van der Waals surface area contributed by atoms with Crippen LogP contribution in [0.5, 0.6) is 0 Å². The van der Waals surface area contributed by atoms with Crippen molar-refractivity contribution < 1.29 is 9.53 Å². The highest BCUT2D eigenvalue weighted by Gasteiger charge is 2.33. The smallest absolute Gasteiger partial charge is 0.306 e. The number of carbonyl (C=O) groups is 1. The van der Waals surface area contributed by atoms with Crippen molar-refractivity contribution in [1.82, 2.24) is 0 Å². The maximum Gasteiger partial charge on any atom is 0.306 e. The average molecular weight is 234 g/mol. The van der Waals surface area contributed by atoms with Crippen molar-refractivity contribution in [3.8, 4) is 0 Å². The van der Waals surface area contributed by atoms with Gasteiger partial charge < -0.3 is 4.74 Å². The molecule has 0 aromatic carbocycles. The highest BCUT2D eigenvalue weighted by atomic mass is 16.6. The lowest BCUT2D eigenvalue weighted by Gasteiger charge is -2.33. The van der Waals surface area contributed by atoms with Crippen LogP contribution in [0.15, 0.2) is 36.0 Å². The number of allylic oxidation sites excluding steroid dienone is 4. The Morgan fingerprint density at radius 1 is 1.29 bits per heavy atom. The van der Waals surface area contributed by atoms with Gasteiger partial charge in [-0.15, -0.1) is 0 Å². The summed E-state index contributed by atoms with van der Waals surface area (Å²) in [5.41, 5.74) is 0.671. The zero-order chi connectivity index (χ0) is 12.7. The highest BCUT2D eigenvalue weighted by Crippen LogP contribution is 2.32. The van der Waals surface area contributed by atoms with E-state index in [0.717, 1.165) is 24.8 Å². The van der Waals surface area contributed by atoms with Crippen LogP contribution in [0.2, 0.25) is 0 Å². The SMILES string of the molecule is CCC(=O)OC(CC)(CC)C1=CCC=CC=C1. The number of carbonyl (C=O) groups excluding carboxylic acids is 1. The average Bonchev–Trinajstić information content (AvgIpc) is 2.65. The molecule has 0 aliphatic heterocycles. The summed E-state index contributed by atoms with van der Waals surface area (Å²) in [6, 6.07) is 0. The Labute approximate surface area is 104 Å². The molecule has 0 aromatic rings. The summed E-state index contributed by atoms with van der Waals surface area (Å²) in [5, 5.41) is 0. The van der Waals surface area contributed by atoms with Crippen molar-refractivity contribution in [3.05, 3.63) is 36.0 Å². The molecule has 0 saturated carbocycles. The van der Waals surface area contributed by atoms with E-state index in [1.165, 1.54) is 0 Å². The quantitative estimate of drug-likeness (QED) is 0.673. The minimum absolute atomic E-state index is 0.125. The molecule has 0 radical (unpaired) electrons. The van der Waals surface area contributed by atoms with Crippen LogP contribution in [-0.2, 0) is 9.53 Å². The predicted octanol–water partition coefficient (Wildman–Crippen LogP) is 3.94. The first kappa shape index (κ1) is 13.8. The van der Waals surface area contributed by atoms with Crippen molar-refractivity contribution in [2.75, 3.05) is 0 Å². The van der Waals surface area contributed by atoms with Crippen LogP contribution < -0.4 is 0 Å². The normalized spacial score (nSPS) is 15.4. The van der Waals surface area contributed by atoms with Gasteiger partial charge in [-0.2, -0.15) is 0 Å². The van der Waals surface area contributed by atoms with Crippen LogP contribution in [0, 0.1) is 0 Å². The molecule has 0 fully saturated rings. The minimum Gasteiger partial charge on any atom is -0.454 e. The van der Waals surface area contributed by atoms with Gasteiger partial charge in [-0.3, -0.25) is 4.79 Å². The highest BCUT2D eigenvalue weighted by molar-refractivity contribution is 5.70. The lowest BCUT2D eigenvalue weighted by Crippen LogP contribution is -2.35. The second-order valence-corrected chi connectivity index (χ2v) is 4.21. The molecule has 0 bridgehead atoms. The van der Waals surface area contributed by atoms with Crippen molar-refractivity contribution in [1.29, 1.82) is 0 Å². The van der Waals surface area contributed by atoms with Gasteiger partial charge in [0.15, 0.2) is 0 Å². The summed E-state index contributed by atoms with van der Waals surface area (Å²) < 4.78 is 5.69. The van der Waals surface area contributed by atoms with Gasteiger partial charge in [-0.05, 0) is 24.8 Å². The molecule has 2 nitrogen and oxygen atoms in total. The van der Waals surface area contributed by atoms with Gasteiger partial charge in [-0.1, -0.05) is 51.2 Å². The number of hydrogen-bond donors (Lipinski definition) is 0. The van der Waals surface area contributed by atoms with Gasteiger partial charge in [0.25, 0.3) is 0 Å². The van der Waals surface area contributed by atoms with Gasteiger partial charge in [0.2, 0.25) is 0 Å². The van der Waals surface area contributed by atoms with Crippen molar-refractivity contribution in [2.45, 2.75) is 52.1 Å². The number of hydrogen-bond acceptors (Lipinski definition) is 2. The minimum atomic E-state index is -0.449. The zero-order valence-electron chi connectivity index (χ0n) is 11.0. The summed E-state index contributed by atoms with van der Waals surface area (Å²) in [6.45, 7) is 5.97. The van der Waals surface area contributed by atoms with E-state index in [4.69, 9.17) is 4.74 Å². The molecule has 17 heavy (non-hydrogen) atoms. The third kappa shape index (κ3) is 3.32. The molecule has 0 saturated heterocycles. The predicted molar refractivity (Wildman–Crippen MR) is 70.7 cm³/mol. The Bertz CT molecular complexity index is 344. The molecular formula is C15H22O2. The standard InChI is InChI=1S/C15H22O2/c1-4-14(16)17-15(5-2,6-3)13-11-9-7-8-10-12-13/h7-9,11-12H,4-6,10H2,1-3H3. The molecule has 0 N–H and O–H groups in total. The molecule has 0 heterocycles. The fourth-order valence-electron chi connectivity index (χ4n) is 2.07. The van der Waals surface area contributed by atoms with Crippen molar-refractivity contribution in [2.24, 2.45) is 0 Å². The molecule has 0 spiro atoms.